The Bertz CT molecular complexity index is 463. The summed E-state index contributed by atoms with van der Waals surface area (Å²) in [6, 6.07) is 3.99. The number of nitrogens with one attached hydrogen (secondary N) is 1. The second kappa shape index (κ2) is 4.69. The summed E-state index contributed by atoms with van der Waals surface area (Å²) in [5.41, 5.74) is 3.80. The zero-order chi connectivity index (χ0) is 11.5. The molecule has 0 amide bonds. The van der Waals surface area contributed by atoms with E-state index < -0.39 is 0 Å². The van der Waals surface area contributed by atoms with Gasteiger partial charge >= 0.3 is 0 Å². The van der Waals surface area contributed by atoms with Crippen molar-refractivity contribution in [2.75, 3.05) is 0 Å². The third-order valence-electron chi connectivity index (χ3n) is 2.27. The molecule has 0 saturated carbocycles. The molecule has 0 spiro atoms. The quantitative estimate of drug-likeness (QED) is 0.627. The first-order valence-electron chi connectivity index (χ1n) is 5.01. The van der Waals surface area contributed by atoms with Gasteiger partial charge in [-0.2, -0.15) is 0 Å². The number of hydrogen-bond acceptors (Lipinski definition) is 5. The molecule has 3 N–H and O–H groups in total. The third-order valence-corrected chi connectivity index (χ3v) is 3.34. The molecule has 2 aromatic heterocycles. The lowest BCUT2D eigenvalue weighted by atomic mass is 10.2. The van der Waals surface area contributed by atoms with Crippen molar-refractivity contribution < 1.29 is 0 Å². The van der Waals surface area contributed by atoms with Crippen LogP contribution in [0.1, 0.15) is 27.2 Å². The lowest BCUT2D eigenvalue weighted by molar-refractivity contribution is 0.609. The second-order valence-corrected chi connectivity index (χ2v) is 4.99. The smallest absolute Gasteiger partial charge is 0.151 e. The van der Waals surface area contributed by atoms with Crippen LogP contribution in [0.15, 0.2) is 24.5 Å². The van der Waals surface area contributed by atoms with Gasteiger partial charge in [0.25, 0.3) is 0 Å². The summed E-state index contributed by atoms with van der Waals surface area (Å²) in [7, 11) is 0. The first-order chi connectivity index (χ1) is 7.70. The van der Waals surface area contributed by atoms with E-state index >= 15 is 0 Å². The van der Waals surface area contributed by atoms with Crippen LogP contribution in [0.2, 0.25) is 0 Å². The zero-order valence-electron chi connectivity index (χ0n) is 9.27. The summed E-state index contributed by atoms with van der Waals surface area (Å²) in [5, 5.41) is 0. The molecule has 5 heteroatoms. The highest BCUT2D eigenvalue weighted by Crippen LogP contribution is 2.25. The van der Waals surface area contributed by atoms with Gasteiger partial charge in [0.1, 0.15) is 6.04 Å². The van der Waals surface area contributed by atoms with Crippen LogP contribution in [0.25, 0.3) is 0 Å². The summed E-state index contributed by atoms with van der Waals surface area (Å²) < 4.78 is 0. The Hall–Kier alpha value is -1.30. The molecule has 16 heavy (non-hydrogen) atoms. The number of nitrogens with two attached hydrogens (primary N) is 1. The van der Waals surface area contributed by atoms with E-state index in [1.165, 1.54) is 4.88 Å². The number of nitrogens with zero attached hydrogens (tertiary/aromatic N) is 2. The highest BCUT2D eigenvalue weighted by Gasteiger charge is 2.16. The van der Waals surface area contributed by atoms with Crippen molar-refractivity contribution in [3.63, 3.8) is 0 Å². The number of rotatable bonds is 3. The van der Waals surface area contributed by atoms with E-state index in [0.29, 0.717) is 5.82 Å². The Kier molecular flexibility index (Phi) is 3.28. The van der Waals surface area contributed by atoms with Gasteiger partial charge in [0.05, 0.1) is 0 Å². The lowest BCUT2D eigenvalue weighted by Crippen LogP contribution is -2.29. The fourth-order valence-corrected chi connectivity index (χ4v) is 2.38. The van der Waals surface area contributed by atoms with Crippen LogP contribution in [0.4, 0.5) is 0 Å². The number of thiophene rings is 1. The molecule has 0 aliphatic carbocycles. The van der Waals surface area contributed by atoms with E-state index in [0.717, 1.165) is 10.4 Å². The zero-order valence-corrected chi connectivity index (χ0v) is 10.1. The maximum Gasteiger partial charge on any atom is 0.151 e. The van der Waals surface area contributed by atoms with Gasteiger partial charge in [-0.1, -0.05) is 0 Å². The van der Waals surface area contributed by atoms with Gasteiger partial charge in [-0.15, -0.1) is 11.3 Å². The predicted octanol–water partition coefficient (Wildman–Crippen LogP) is 1.71. The Labute approximate surface area is 98.5 Å². The third kappa shape index (κ3) is 2.27. The summed E-state index contributed by atoms with van der Waals surface area (Å²) in [6.45, 7) is 4.03. The molecule has 0 bridgehead atoms. The van der Waals surface area contributed by atoms with E-state index in [-0.39, 0.29) is 6.04 Å². The topological polar surface area (TPSA) is 63.8 Å². The van der Waals surface area contributed by atoms with Crippen molar-refractivity contribution in [3.8, 4) is 0 Å². The van der Waals surface area contributed by atoms with Gasteiger partial charge in [0.15, 0.2) is 5.82 Å². The Balaban J connectivity index is 2.32. The fraction of sp³-hybridized carbons (Fsp3) is 0.273. The summed E-state index contributed by atoms with van der Waals surface area (Å²) in [6.07, 6.45) is 3.60. The van der Waals surface area contributed by atoms with E-state index in [1.54, 1.807) is 23.7 Å². The van der Waals surface area contributed by atoms with E-state index in [2.05, 4.69) is 28.4 Å². The lowest BCUT2D eigenvalue weighted by Gasteiger charge is -2.12. The van der Waals surface area contributed by atoms with E-state index in [4.69, 9.17) is 5.84 Å². The van der Waals surface area contributed by atoms with Gasteiger partial charge in [-0.05, 0) is 31.5 Å². The number of aryl methyl sites for hydroxylation is 2. The molecule has 2 heterocycles. The summed E-state index contributed by atoms with van der Waals surface area (Å²) in [5.74, 6) is 6.26. The van der Waals surface area contributed by atoms with Gasteiger partial charge in [0, 0.05) is 22.1 Å². The SMILES string of the molecule is Cc1cnc(C(NN)c2ccc(C)s2)nc1. The maximum absolute atomic E-state index is 5.56. The monoisotopic (exact) mass is 234 g/mol. The molecule has 1 unspecified atom stereocenters. The molecule has 84 valence electrons. The van der Waals surface area contributed by atoms with Gasteiger partial charge < -0.3 is 0 Å². The first-order valence-corrected chi connectivity index (χ1v) is 5.83. The minimum absolute atomic E-state index is 0.126. The second-order valence-electron chi connectivity index (χ2n) is 3.67. The van der Waals surface area contributed by atoms with Crippen LogP contribution in [0, 0.1) is 13.8 Å². The molecule has 2 rings (SSSR count). The Morgan fingerprint density at radius 2 is 1.94 bits per heavy atom. The van der Waals surface area contributed by atoms with Crippen molar-refractivity contribution in [3.05, 3.63) is 45.7 Å². The molecule has 0 radical (unpaired) electrons. The molecule has 0 fully saturated rings. The van der Waals surface area contributed by atoms with Crippen LogP contribution in [-0.4, -0.2) is 9.97 Å². The van der Waals surface area contributed by atoms with Crippen molar-refractivity contribution >= 4 is 11.3 Å². The summed E-state index contributed by atoms with van der Waals surface area (Å²) in [4.78, 5) is 11.0. The van der Waals surface area contributed by atoms with Crippen LogP contribution in [0.3, 0.4) is 0 Å². The summed E-state index contributed by atoms with van der Waals surface area (Å²) >= 11 is 1.70. The average Bonchev–Trinajstić information content (AvgIpc) is 2.69. The molecular weight excluding hydrogens is 220 g/mol. The van der Waals surface area contributed by atoms with Crippen LogP contribution in [0.5, 0.6) is 0 Å². The fourth-order valence-electron chi connectivity index (χ4n) is 1.44. The molecule has 4 nitrogen and oxygen atoms in total. The molecule has 0 aliphatic rings. The standard InChI is InChI=1S/C11H14N4S/c1-7-5-13-11(14-6-7)10(15-12)9-4-3-8(2)16-9/h3-6,10,15H,12H2,1-2H3. The van der Waals surface area contributed by atoms with Gasteiger partial charge in [0.2, 0.25) is 0 Å². The number of aromatic nitrogens is 2. The van der Waals surface area contributed by atoms with Crippen LogP contribution in [-0.2, 0) is 0 Å². The predicted molar refractivity (Wildman–Crippen MR) is 65.0 cm³/mol. The highest BCUT2D eigenvalue weighted by molar-refractivity contribution is 7.12. The minimum Gasteiger partial charge on any atom is -0.270 e. The van der Waals surface area contributed by atoms with E-state index in [9.17, 15) is 0 Å². The van der Waals surface area contributed by atoms with Crippen molar-refractivity contribution in [1.29, 1.82) is 0 Å². The Morgan fingerprint density at radius 1 is 1.25 bits per heavy atom. The molecule has 0 aromatic carbocycles. The molecule has 1 atom stereocenters. The van der Waals surface area contributed by atoms with Crippen molar-refractivity contribution in [2.24, 2.45) is 5.84 Å². The normalized spacial score (nSPS) is 12.7. The Morgan fingerprint density at radius 3 is 2.44 bits per heavy atom. The molecule has 2 aromatic rings. The molecule has 0 aliphatic heterocycles. The number of hydrogen-bond donors (Lipinski definition) is 2. The average molecular weight is 234 g/mol. The first kappa shape index (κ1) is 11.2. The molecular formula is C11H14N4S. The largest absolute Gasteiger partial charge is 0.270 e. The van der Waals surface area contributed by atoms with E-state index in [1.807, 2.05) is 13.0 Å². The van der Waals surface area contributed by atoms with Crippen LogP contribution >= 0.6 is 11.3 Å². The molecule has 0 saturated heterocycles. The van der Waals surface area contributed by atoms with Gasteiger partial charge in [-0.3, -0.25) is 5.84 Å². The number of hydrazine groups is 1. The minimum atomic E-state index is -0.126. The van der Waals surface area contributed by atoms with Crippen molar-refractivity contribution in [1.82, 2.24) is 15.4 Å². The van der Waals surface area contributed by atoms with Crippen molar-refractivity contribution in [2.45, 2.75) is 19.9 Å². The van der Waals surface area contributed by atoms with Crippen LogP contribution < -0.4 is 11.3 Å². The highest BCUT2D eigenvalue weighted by atomic mass is 32.1. The maximum atomic E-state index is 5.56. The van der Waals surface area contributed by atoms with Gasteiger partial charge in [-0.25, -0.2) is 15.4 Å².